The summed E-state index contributed by atoms with van der Waals surface area (Å²) in [7, 11) is 0. The van der Waals surface area contributed by atoms with Gasteiger partial charge in [0.15, 0.2) is 5.78 Å². The highest BCUT2D eigenvalue weighted by molar-refractivity contribution is 7.12. The minimum absolute atomic E-state index is 0.177. The third-order valence-electron chi connectivity index (χ3n) is 4.35. The van der Waals surface area contributed by atoms with Crippen LogP contribution in [0.5, 0.6) is 0 Å². The molecule has 31 heavy (non-hydrogen) atoms. The summed E-state index contributed by atoms with van der Waals surface area (Å²) in [5.41, 5.74) is 1.87. The molecule has 0 fully saturated rings. The summed E-state index contributed by atoms with van der Waals surface area (Å²) in [4.78, 5) is 25.2. The summed E-state index contributed by atoms with van der Waals surface area (Å²) < 4.78 is 5.76. The zero-order valence-electron chi connectivity index (χ0n) is 16.0. The SMILES string of the molecule is O=C(/C=C/c1ccc(-c2cc(Cl)cc(Cl)c2)o1)c1ccc(NC(=O)c2cccs2)cc1. The van der Waals surface area contributed by atoms with Crippen LogP contribution in [-0.4, -0.2) is 11.7 Å². The number of rotatable bonds is 6. The Morgan fingerprint density at radius 2 is 1.68 bits per heavy atom. The predicted molar refractivity (Wildman–Crippen MR) is 126 cm³/mol. The van der Waals surface area contributed by atoms with E-state index in [-0.39, 0.29) is 11.7 Å². The number of hydrogen-bond donors (Lipinski definition) is 1. The maximum absolute atomic E-state index is 12.5. The first-order valence-electron chi connectivity index (χ1n) is 9.21. The quantitative estimate of drug-likeness (QED) is 0.236. The van der Waals surface area contributed by atoms with E-state index in [0.29, 0.717) is 37.7 Å². The highest BCUT2D eigenvalue weighted by atomic mass is 35.5. The van der Waals surface area contributed by atoms with Gasteiger partial charge in [-0.25, -0.2) is 0 Å². The number of ketones is 1. The third kappa shape index (κ3) is 5.33. The Morgan fingerprint density at radius 1 is 0.935 bits per heavy atom. The standard InChI is InChI=1S/C24H15Cl2NO3S/c25-17-12-16(13-18(26)14-17)22-10-8-20(30-22)7-9-21(28)15-3-5-19(6-4-15)27-24(29)23-2-1-11-31-23/h1-14H,(H,27,29)/b9-7+. The van der Waals surface area contributed by atoms with E-state index in [4.69, 9.17) is 27.6 Å². The van der Waals surface area contributed by atoms with E-state index in [1.807, 2.05) is 11.4 Å². The van der Waals surface area contributed by atoms with Gasteiger partial charge in [0.1, 0.15) is 11.5 Å². The van der Waals surface area contributed by atoms with Crippen LogP contribution in [0.25, 0.3) is 17.4 Å². The minimum Gasteiger partial charge on any atom is -0.457 e. The summed E-state index contributed by atoms with van der Waals surface area (Å²) in [6.45, 7) is 0. The molecule has 0 bridgehead atoms. The minimum atomic E-state index is -0.181. The molecule has 0 saturated heterocycles. The molecule has 1 N–H and O–H groups in total. The smallest absolute Gasteiger partial charge is 0.265 e. The molecule has 7 heteroatoms. The van der Waals surface area contributed by atoms with Gasteiger partial charge in [0.2, 0.25) is 0 Å². The lowest BCUT2D eigenvalue weighted by Gasteiger charge is -2.04. The van der Waals surface area contributed by atoms with Gasteiger partial charge in [0.05, 0.1) is 4.88 Å². The Kier molecular flexibility index (Phi) is 6.37. The van der Waals surface area contributed by atoms with Crippen LogP contribution >= 0.6 is 34.5 Å². The van der Waals surface area contributed by atoms with Gasteiger partial charge in [-0.3, -0.25) is 9.59 Å². The molecular formula is C24H15Cl2NO3S. The highest BCUT2D eigenvalue weighted by Crippen LogP contribution is 2.29. The number of amides is 1. The van der Waals surface area contributed by atoms with E-state index in [0.717, 1.165) is 5.56 Å². The summed E-state index contributed by atoms with van der Waals surface area (Å²) in [5.74, 6) is 0.769. The topological polar surface area (TPSA) is 59.3 Å². The summed E-state index contributed by atoms with van der Waals surface area (Å²) >= 11 is 13.4. The Balaban J connectivity index is 1.41. The zero-order valence-corrected chi connectivity index (χ0v) is 18.3. The van der Waals surface area contributed by atoms with Crippen LogP contribution < -0.4 is 5.32 Å². The van der Waals surface area contributed by atoms with Crippen molar-refractivity contribution >= 4 is 58.0 Å². The molecule has 0 saturated carbocycles. The van der Waals surface area contributed by atoms with Crippen LogP contribution in [0.3, 0.4) is 0 Å². The number of allylic oxidation sites excluding steroid dienone is 1. The molecule has 4 nitrogen and oxygen atoms in total. The number of anilines is 1. The zero-order chi connectivity index (χ0) is 21.8. The highest BCUT2D eigenvalue weighted by Gasteiger charge is 2.09. The second-order valence-electron chi connectivity index (χ2n) is 6.57. The first kappa shape index (κ1) is 21.1. The van der Waals surface area contributed by atoms with Crippen LogP contribution in [0.1, 0.15) is 25.8 Å². The van der Waals surface area contributed by atoms with Crippen LogP contribution in [0.15, 0.2) is 82.6 Å². The number of furan rings is 1. The van der Waals surface area contributed by atoms with Gasteiger partial charge in [-0.05, 0) is 78.2 Å². The van der Waals surface area contributed by atoms with Crippen molar-refractivity contribution in [2.24, 2.45) is 0 Å². The molecule has 0 unspecified atom stereocenters. The molecule has 1 amide bonds. The average molecular weight is 468 g/mol. The first-order chi connectivity index (χ1) is 15.0. The molecule has 0 atom stereocenters. The molecule has 2 aromatic carbocycles. The second-order valence-corrected chi connectivity index (χ2v) is 8.39. The first-order valence-corrected chi connectivity index (χ1v) is 10.8. The number of halogens is 2. The largest absolute Gasteiger partial charge is 0.457 e. The van der Waals surface area contributed by atoms with E-state index in [2.05, 4.69) is 5.32 Å². The number of hydrogen-bond acceptors (Lipinski definition) is 4. The molecule has 0 aliphatic rings. The molecular weight excluding hydrogens is 453 g/mol. The molecule has 4 aromatic rings. The Hall–Kier alpha value is -3.12. The van der Waals surface area contributed by atoms with Crippen molar-refractivity contribution in [2.45, 2.75) is 0 Å². The molecule has 0 radical (unpaired) electrons. The Labute approximate surface area is 192 Å². The van der Waals surface area contributed by atoms with E-state index < -0.39 is 0 Å². The van der Waals surface area contributed by atoms with Crippen LogP contribution in [0.4, 0.5) is 5.69 Å². The lowest BCUT2D eigenvalue weighted by molar-refractivity contribution is 0.102. The fourth-order valence-electron chi connectivity index (χ4n) is 2.87. The van der Waals surface area contributed by atoms with E-state index in [9.17, 15) is 9.59 Å². The maximum atomic E-state index is 12.5. The molecule has 0 aliphatic carbocycles. The van der Waals surface area contributed by atoms with Crippen molar-refractivity contribution in [2.75, 3.05) is 5.32 Å². The van der Waals surface area contributed by atoms with Gasteiger partial charge in [-0.2, -0.15) is 0 Å². The molecule has 0 aliphatic heterocycles. The number of benzene rings is 2. The van der Waals surface area contributed by atoms with Crippen molar-refractivity contribution in [3.63, 3.8) is 0 Å². The van der Waals surface area contributed by atoms with Gasteiger partial charge in [0.25, 0.3) is 5.91 Å². The lowest BCUT2D eigenvalue weighted by Crippen LogP contribution is -2.10. The monoisotopic (exact) mass is 467 g/mol. The number of carbonyl (C=O) groups is 2. The van der Waals surface area contributed by atoms with E-state index in [1.165, 1.54) is 17.4 Å². The molecule has 4 rings (SSSR count). The van der Waals surface area contributed by atoms with Crippen molar-refractivity contribution in [1.29, 1.82) is 0 Å². The van der Waals surface area contributed by atoms with Gasteiger partial charge in [0, 0.05) is 26.9 Å². The second kappa shape index (κ2) is 9.35. The molecule has 2 heterocycles. The lowest BCUT2D eigenvalue weighted by atomic mass is 10.1. The third-order valence-corrected chi connectivity index (χ3v) is 5.65. The molecule has 0 spiro atoms. The van der Waals surface area contributed by atoms with Gasteiger partial charge in [-0.15, -0.1) is 11.3 Å². The maximum Gasteiger partial charge on any atom is 0.265 e. The van der Waals surface area contributed by atoms with Crippen molar-refractivity contribution in [3.05, 3.63) is 104 Å². The van der Waals surface area contributed by atoms with Crippen LogP contribution in [-0.2, 0) is 0 Å². The average Bonchev–Trinajstić information content (AvgIpc) is 3.44. The summed E-state index contributed by atoms with van der Waals surface area (Å²) in [6.07, 6.45) is 3.04. The van der Waals surface area contributed by atoms with Crippen LogP contribution in [0.2, 0.25) is 10.0 Å². The normalized spacial score (nSPS) is 11.0. The predicted octanol–water partition coefficient (Wildman–Crippen LogP) is 7.46. The summed E-state index contributed by atoms with van der Waals surface area (Å²) in [6, 6.07) is 19.0. The molecule has 2 aromatic heterocycles. The van der Waals surface area contributed by atoms with Crippen molar-refractivity contribution < 1.29 is 14.0 Å². The fourth-order valence-corrected chi connectivity index (χ4v) is 4.01. The number of nitrogens with one attached hydrogen (secondary N) is 1. The Morgan fingerprint density at radius 3 is 2.35 bits per heavy atom. The van der Waals surface area contributed by atoms with Gasteiger partial charge >= 0.3 is 0 Å². The van der Waals surface area contributed by atoms with Crippen molar-refractivity contribution in [1.82, 2.24) is 0 Å². The van der Waals surface area contributed by atoms with Gasteiger partial charge < -0.3 is 9.73 Å². The van der Waals surface area contributed by atoms with E-state index in [1.54, 1.807) is 66.7 Å². The number of carbonyl (C=O) groups excluding carboxylic acids is 2. The summed E-state index contributed by atoms with van der Waals surface area (Å²) in [5, 5.41) is 5.68. The Bertz CT molecular complexity index is 1240. The fraction of sp³-hybridized carbons (Fsp3) is 0. The van der Waals surface area contributed by atoms with Crippen LogP contribution in [0, 0.1) is 0 Å². The molecule has 154 valence electrons. The van der Waals surface area contributed by atoms with E-state index >= 15 is 0 Å². The van der Waals surface area contributed by atoms with Crippen molar-refractivity contribution in [3.8, 4) is 11.3 Å². The number of thiophene rings is 1. The van der Waals surface area contributed by atoms with Gasteiger partial charge in [-0.1, -0.05) is 29.3 Å².